The molecule has 1 amide bonds. The highest BCUT2D eigenvalue weighted by Gasteiger charge is 2.09. The van der Waals surface area contributed by atoms with Crippen LogP contribution in [-0.4, -0.2) is 22.6 Å². The third kappa shape index (κ3) is 4.23. The summed E-state index contributed by atoms with van der Waals surface area (Å²) in [5.74, 6) is -0.0736. The minimum absolute atomic E-state index is 0. The molecule has 4 N–H and O–H groups in total. The molecule has 0 bridgehead atoms. The van der Waals surface area contributed by atoms with Gasteiger partial charge in [0.05, 0.1) is 11.1 Å². The number of amides is 1. The molecule has 0 aliphatic carbocycles. The van der Waals surface area contributed by atoms with E-state index in [2.05, 4.69) is 15.5 Å². The van der Waals surface area contributed by atoms with Gasteiger partial charge in [-0.3, -0.25) is 9.59 Å². The Morgan fingerprint density at radius 1 is 1.12 bits per heavy atom. The first-order valence-corrected chi connectivity index (χ1v) is 7.72. The smallest absolute Gasteiger partial charge is 0.272 e. The molecule has 6 nitrogen and oxygen atoms in total. The average Bonchev–Trinajstić information content (AvgIpc) is 2.61. The molecule has 2 aromatic carbocycles. The molecule has 0 radical (unpaired) electrons. The molecule has 1 heterocycles. The van der Waals surface area contributed by atoms with Crippen LogP contribution in [0.4, 0.5) is 0 Å². The van der Waals surface area contributed by atoms with Crippen LogP contribution in [0.15, 0.2) is 53.3 Å². The standard InChI is InChI=1S/C18H18N4O2.ClH/c19-9-8-16(23)20-11-12-4-3-5-13(10-12)17-14-6-1-2-7-15(14)18(24)22-21-17;/h1-7,10H,8-9,11,19H2,(H,20,23)(H,22,24);1H. The number of carbonyl (C=O) groups excluding carboxylic acids is 1. The molecule has 0 aliphatic heterocycles. The van der Waals surface area contributed by atoms with Gasteiger partial charge in [0.1, 0.15) is 0 Å². The second-order valence-electron chi connectivity index (χ2n) is 5.46. The summed E-state index contributed by atoms with van der Waals surface area (Å²) in [6.07, 6.45) is 0.311. The summed E-state index contributed by atoms with van der Waals surface area (Å²) in [6, 6.07) is 15.1. The van der Waals surface area contributed by atoms with E-state index < -0.39 is 0 Å². The van der Waals surface area contributed by atoms with E-state index in [0.29, 0.717) is 30.6 Å². The summed E-state index contributed by atoms with van der Waals surface area (Å²) >= 11 is 0. The Bertz CT molecular complexity index is 940. The Balaban J connectivity index is 0.00000225. The lowest BCUT2D eigenvalue weighted by Gasteiger charge is -2.08. The zero-order valence-corrected chi connectivity index (χ0v) is 14.3. The van der Waals surface area contributed by atoms with Crippen molar-refractivity contribution in [2.75, 3.05) is 6.54 Å². The van der Waals surface area contributed by atoms with E-state index in [-0.39, 0.29) is 23.9 Å². The third-order valence-corrected chi connectivity index (χ3v) is 3.76. The topological polar surface area (TPSA) is 101 Å². The number of hydrogen-bond donors (Lipinski definition) is 3. The van der Waals surface area contributed by atoms with Gasteiger partial charge in [0.2, 0.25) is 5.91 Å². The number of aromatic amines is 1. The van der Waals surface area contributed by atoms with Crippen LogP contribution in [0.2, 0.25) is 0 Å². The highest BCUT2D eigenvalue weighted by molar-refractivity contribution is 5.93. The number of fused-ring (bicyclic) bond motifs is 1. The molecule has 0 atom stereocenters. The van der Waals surface area contributed by atoms with Gasteiger partial charge in [0.25, 0.3) is 5.56 Å². The lowest BCUT2D eigenvalue weighted by atomic mass is 10.0. The summed E-state index contributed by atoms with van der Waals surface area (Å²) in [5, 5.41) is 11.0. The first kappa shape index (κ1) is 18.6. The fourth-order valence-electron chi connectivity index (χ4n) is 2.58. The van der Waals surface area contributed by atoms with Gasteiger partial charge >= 0.3 is 0 Å². The minimum atomic E-state index is -0.209. The number of benzene rings is 2. The third-order valence-electron chi connectivity index (χ3n) is 3.76. The molecule has 25 heavy (non-hydrogen) atoms. The second kappa shape index (κ2) is 8.41. The van der Waals surface area contributed by atoms with Gasteiger partial charge in [0.15, 0.2) is 0 Å². The number of nitrogens with two attached hydrogens (primary N) is 1. The zero-order valence-electron chi connectivity index (χ0n) is 13.5. The average molecular weight is 359 g/mol. The molecular weight excluding hydrogens is 340 g/mol. The maximum Gasteiger partial charge on any atom is 0.272 e. The molecule has 3 aromatic rings. The van der Waals surface area contributed by atoms with Crippen molar-refractivity contribution in [1.82, 2.24) is 15.5 Å². The number of nitrogens with one attached hydrogen (secondary N) is 2. The Morgan fingerprint density at radius 2 is 1.88 bits per heavy atom. The summed E-state index contributed by atoms with van der Waals surface area (Å²) < 4.78 is 0. The maximum absolute atomic E-state index is 11.9. The first-order chi connectivity index (χ1) is 11.7. The predicted molar refractivity (Wildman–Crippen MR) is 101 cm³/mol. The van der Waals surface area contributed by atoms with E-state index in [1.807, 2.05) is 42.5 Å². The molecule has 7 heteroatoms. The van der Waals surface area contributed by atoms with Crippen molar-refractivity contribution in [2.24, 2.45) is 5.73 Å². The van der Waals surface area contributed by atoms with E-state index in [9.17, 15) is 9.59 Å². The van der Waals surface area contributed by atoms with Gasteiger partial charge < -0.3 is 11.1 Å². The normalized spacial score (nSPS) is 10.3. The fourth-order valence-corrected chi connectivity index (χ4v) is 2.58. The van der Waals surface area contributed by atoms with Gasteiger partial charge in [-0.1, -0.05) is 36.4 Å². The lowest BCUT2D eigenvalue weighted by molar-refractivity contribution is -0.121. The number of nitrogens with zero attached hydrogens (tertiary/aromatic N) is 1. The number of aromatic nitrogens is 2. The van der Waals surface area contributed by atoms with Crippen LogP contribution in [0.5, 0.6) is 0 Å². The SMILES string of the molecule is Cl.NCCC(=O)NCc1cccc(-c2n[nH]c(=O)c3ccccc23)c1. The molecule has 1 aromatic heterocycles. The molecule has 0 spiro atoms. The number of H-pyrrole nitrogens is 1. The van der Waals surface area contributed by atoms with Crippen LogP contribution in [0.3, 0.4) is 0 Å². The number of carbonyl (C=O) groups is 1. The molecule has 0 unspecified atom stereocenters. The van der Waals surface area contributed by atoms with Crippen molar-refractivity contribution >= 4 is 29.1 Å². The second-order valence-corrected chi connectivity index (χ2v) is 5.46. The monoisotopic (exact) mass is 358 g/mol. The summed E-state index contributed by atoms with van der Waals surface area (Å²) in [6.45, 7) is 0.757. The largest absolute Gasteiger partial charge is 0.352 e. The molecule has 0 aliphatic rings. The van der Waals surface area contributed by atoms with Gasteiger partial charge in [-0.15, -0.1) is 12.4 Å². The first-order valence-electron chi connectivity index (χ1n) is 7.72. The molecule has 3 rings (SSSR count). The zero-order chi connectivity index (χ0) is 16.9. The molecule has 130 valence electrons. The van der Waals surface area contributed by atoms with Crippen LogP contribution >= 0.6 is 12.4 Å². The minimum Gasteiger partial charge on any atom is -0.352 e. The number of halogens is 1. The predicted octanol–water partition coefficient (Wildman–Crippen LogP) is 1.98. The molecule has 0 fully saturated rings. The van der Waals surface area contributed by atoms with Gasteiger partial charge in [-0.2, -0.15) is 5.10 Å². The van der Waals surface area contributed by atoms with Crippen LogP contribution in [0, 0.1) is 0 Å². The Kier molecular flexibility index (Phi) is 6.27. The van der Waals surface area contributed by atoms with E-state index in [1.54, 1.807) is 6.07 Å². The number of rotatable bonds is 5. The van der Waals surface area contributed by atoms with E-state index in [1.165, 1.54) is 0 Å². The highest BCUT2D eigenvalue weighted by Crippen LogP contribution is 2.24. The highest BCUT2D eigenvalue weighted by atomic mass is 35.5. The van der Waals surface area contributed by atoms with Crippen molar-refractivity contribution in [3.05, 3.63) is 64.4 Å². The van der Waals surface area contributed by atoms with Gasteiger partial charge in [-0.25, -0.2) is 5.10 Å². The van der Waals surface area contributed by atoms with Crippen LogP contribution < -0.4 is 16.6 Å². The van der Waals surface area contributed by atoms with Crippen LogP contribution in [0.1, 0.15) is 12.0 Å². The van der Waals surface area contributed by atoms with Crippen molar-refractivity contribution in [3.8, 4) is 11.3 Å². The van der Waals surface area contributed by atoms with E-state index >= 15 is 0 Å². The summed E-state index contributed by atoms with van der Waals surface area (Å²) in [7, 11) is 0. The summed E-state index contributed by atoms with van der Waals surface area (Å²) in [4.78, 5) is 23.4. The van der Waals surface area contributed by atoms with E-state index in [4.69, 9.17) is 5.73 Å². The van der Waals surface area contributed by atoms with Gasteiger partial charge in [-0.05, 0) is 17.7 Å². The van der Waals surface area contributed by atoms with Crippen molar-refractivity contribution < 1.29 is 4.79 Å². The van der Waals surface area contributed by atoms with Crippen LogP contribution in [-0.2, 0) is 11.3 Å². The van der Waals surface area contributed by atoms with E-state index in [0.717, 1.165) is 16.5 Å². The Labute approximate surface area is 150 Å². The van der Waals surface area contributed by atoms with Crippen molar-refractivity contribution in [1.29, 1.82) is 0 Å². The maximum atomic E-state index is 11.9. The number of hydrogen-bond acceptors (Lipinski definition) is 4. The molecule has 0 saturated carbocycles. The van der Waals surface area contributed by atoms with Crippen molar-refractivity contribution in [3.63, 3.8) is 0 Å². The van der Waals surface area contributed by atoms with Gasteiger partial charge in [0, 0.05) is 30.5 Å². The lowest BCUT2D eigenvalue weighted by Crippen LogP contribution is -2.24. The quantitative estimate of drug-likeness (QED) is 0.649. The Morgan fingerprint density at radius 3 is 2.64 bits per heavy atom. The molecular formula is C18H19ClN4O2. The fraction of sp³-hybridized carbons (Fsp3) is 0.167. The Hall–Kier alpha value is -2.70. The van der Waals surface area contributed by atoms with Crippen molar-refractivity contribution in [2.45, 2.75) is 13.0 Å². The molecule has 0 saturated heterocycles. The summed E-state index contributed by atoms with van der Waals surface area (Å²) in [5.41, 5.74) is 7.70. The van der Waals surface area contributed by atoms with Crippen LogP contribution in [0.25, 0.3) is 22.0 Å².